The quantitative estimate of drug-likeness (QED) is 0.843. The second-order valence-corrected chi connectivity index (χ2v) is 7.32. The number of amides is 1. The zero-order valence-corrected chi connectivity index (χ0v) is 15.4. The number of hydrogen-bond acceptors (Lipinski definition) is 3. The summed E-state index contributed by atoms with van der Waals surface area (Å²) in [6, 6.07) is 15.4. The zero-order chi connectivity index (χ0) is 18.4. The highest BCUT2D eigenvalue weighted by Crippen LogP contribution is 2.22. The fraction of sp³-hybridized carbons (Fsp3) is 0.381. The normalized spacial score (nSPS) is 12.5. The number of aliphatic hydroxyl groups excluding tert-OH is 1. The summed E-state index contributed by atoms with van der Waals surface area (Å²) in [4.78, 5) is 12.0. The predicted octanol–water partition coefficient (Wildman–Crippen LogP) is 3.67. The summed E-state index contributed by atoms with van der Waals surface area (Å²) >= 11 is 0. The van der Waals surface area contributed by atoms with E-state index in [1.54, 1.807) is 25.1 Å². The minimum atomic E-state index is -0.570. The van der Waals surface area contributed by atoms with E-state index in [1.165, 1.54) is 5.56 Å². The minimum Gasteiger partial charge on any atom is -0.489 e. The van der Waals surface area contributed by atoms with Crippen LogP contribution in [0.5, 0.6) is 5.75 Å². The van der Waals surface area contributed by atoms with Crippen LogP contribution in [0, 0.1) is 0 Å². The number of hydrogen-bond donors (Lipinski definition) is 2. The first-order valence-electron chi connectivity index (χ1n) is 8.54. The molecule has 0 radical (unpaired) electrons. The van der Waals surface area contributed by atoms with Gasteiger partial charge >= 0.3 is 0 Å². The summed E-state index contributed by atoms with van der Waals surface area (Å²) in [6.07, 6.45) is -0.570. The van der Waals surface area contributed by atoms with Gasteiger partial charge in [-0.15, -0.1) is 0 Å². The third-order valence-corrected chi connectivity index (χ3v) is 3.88. The van der Waals surface area contributed by atoms with Gasteiger partial charge in [-0.05, 0) is 41.7 Å². The minimum absolute atomic E-state index is 0.132. The Bertz CT molecular complexity index is 700. The number of benzene rings is 2. The topological polar surface area (TPSA) is 58.6 Å². The maximum Gasteiger partial charge on any atom is 0.251 e. The van der Waals surface area contributed by atoms with Gasteiger partial charge in [-0.2, -0.15) is 0 Å². The van der Waals surface area contributed by atoms with Crippen molar-refractivity contribution >= 4 is 5.91 Å². The van der Waals surface area contributed by atoms with Crippen LogP contribution >= 0.6 is 0 Å². The number of aliphatic hydroxyl groups is 1. The molecule has 0 aliphatic carbocycles. The molecule has 1 atom stereocenters. The molecular formula is C21H27NO3. The second-order valence-electron chi connectivity index (χ2n) is 7.32. The molecule has 1 amide bonds. The van der Waals surface area contributed by atoms with Gasteiger partial charge < -0.3 is 15.2 Å². The number of nitrogens with one attached hydrogen (secondary N) is 1. The van der Waals surface area contributed by atoms with E-state index in [2.05, 4.69) is 50.4 Å². The molecule has 0 spiro atoms. The molecule has 0 aliphatic rings. The average molecular weight is 341 g/mol. The van der Waals surface area contributed by atoms with Gasteiger partial charge in [0.2, 0.25) is 0 Å². The van der Waals surface area contributed by atoms with Crippen molar-refractivity contribution in [2.75, 3.05) is 6.54 Å². The lowest BCUT2D eigenvalue weighted by Gasteiger charge is -2.19. The van der Waals surface area contributed by atoms with E-state index in [1.807, 2.05) is 6.07 Å². The Labute approximate surface area is 149 Å². The Balaban J connectivity index is 1.97. The summed E-state index contributed by atoms with van der Waals surface area (Å²) < 4.78 is 5.80. The first-order valence-corrected chi connectivity index (χ1v) is 8.54. The van der Waals surface area contributed by atoms with Crippen LogP contribution in [0.4, 0.5) is 0 Å². The highest BCUT2D eigenvalue weighted by Gasteiger charge is 2.13. The van der Waals surface area contributed by atoms with Gasteiger partial charge in [-0.25, -0.2) is 0 Å². The Kier molecular flexibility index (Phi) is 6.21. The average Bonchev–Trinajstić information content (AvgIpc) is 2.57. The van der Waals surface area contributed by atoms with Crippen LogP contribution in [0.15, 0.2) is 48.5 Å². The van der Waals surface area contributed by atoms with Crippen LogP contribution < -0.4 is 10.1 Å². The molecule has 4 heteroatoms. The van der Waals surface area contributed by atoms with E-state index in [0.29, 0.717) is 17.9 Å². The zero-order valence-electron chi connectivity index (χ0n) is 15.4. The molecule has 0 heterocycles. The molecule has 0 aliphatic heterocycles. The largest absolute Gasteiger partial charge is 0.489 e. The Hall–Kier alpha value is -2.33. The Morgan fingerprint density at radius 2 is 1.84 bits per heavy atom. The predicted molar refractivity (Wildman–Crippen MR) is 99.9 cm³/mol. The van der Waals surface area contributed by atoms with Crippen LogP contribution in [0.25, 0.3) is 0 Å². The number of ether oxygens (including phenoxy) is 1. The van der Waals surface area contributed by atoms with Gasteiger partial charge in [0.05, 0.1) is 6.10 Å². The highest BCUT2D eigenvalue weighted by molar-refractivity contribution is 5.94. The van der Waals surface area contributed by atoms with Crippen molar-refractivity contribution in [3.8, 4) is 5.75 Å². The molecule has 0 saturated carbocycles. The molecule has 2 N–H and O–H groups in total. The van der Waals surface area contributed by atoms with Crippen LogP contribution in [-0.4, -0.2) is 23.7 Å². The fourth-order valence-corrected chi connectivity index (χ4v) is 2.34. The number of carbonyl (C=O) groups is 1. The molecule has 2 aromatic carbocycles. The SMILES string of the molecule is CC(O)CNC(=O)c1cccc(OCc2ccc(C(C)(C)C)cc2)c1. The van der Waals surface area contributed by atoms with Gasteiger partial charge in [0.15, 0.2) is 0 Å². The number of carbonyl (C=O) groups excluding carboxylic acids is 1. The standard InChI is InChI=1S/C21H27NO3/c1-15(23)13-22-20(24)17-6-5-7-19(12-17)25-14-16-8-10-18(11-9-16)21(2,3)4/h5-12,15,23H,13-14H2,1-4H3,(H,22,24). The Morgan fingerprint density at radius 1 is 1.16 bits per heavy atom. The van der Waals surface area contributed by atoms with E-state index in [0.717, 1.165) is 5.56 Å². The van der Waals surface area contributed by atoms with E-state index < -0.39 is 6.10 Å². The smallest absolute Gasteiger partial charge is 0.251 e. The monoisotopic (exact) mass is 341 g/mol. The van der Waals surface area contributed by atoms with Crippen LogP contribution in [0.3, 0.4) is 0 Å². The fourth-order valence-electron chi connectivity index (χ4n) is 2.34. The summed E-state index contributed by atoms with van der Waals surface area (Å²) in [5.74, 6) is 0.422. The lowest BCUT2D eigenvalue weighted by atomic mass is 9.87. The van der Waals surface area contributed by atoms with Gasteiger partial charge in [0.1, 0.15) is 12.4 Å². The number of rotatable bonds is 6. The van der Waals surface area contributed by atoms with Crippen molar-refractivity contribution < 1.29 is 14.6 Å². The molecule has 25 heavy (non-hydrogen) atoms. The van der Waals surface area contributed by atoms with Gasteiger partial charge in [0.25, 0.3) is 5.91 Å². The first-order chi connectivity index (χ1) is 11.8. The van der Waals surface area contributed by atoms with Crippen LogP contribution in [0.2, 0.25) is 0 Å². The Morgan fingerprint density at radius 3 is 2.44 bits per heavy atom. The van der Waals surface area contributed by atoms with Gasteiger partial charge in [0, 0.05) is 12.1 Å². The van der Waals surface area contributed by atoms with Crippen LogP contribution in [-0.2, 0) is 12.0 Å². The first kappa shape index (κ1) is 19.0. The van der Waals surface area contributed by atoms with Crippen LogP contribution in [0.1, 0.15) is 49.2 Å². The molecule has 0 saturated heterocycles. The van der Waals surface area contributed by atoms with E-state index in [-0.39, 0.29) is 17.9 Å². The summed E-state index contributed by atoms with van der Waals surface area (Å²) in [5, 5.41) is 11.9. The molecule has 134 valence electrons. The summed E-state index contributed by atoms with van der Waals surface area (Å²) in [5.41, 5.74) is 3.01. The molecule has 4 nitrogen and oxygen atoms in total. The molecule has 2 aromatic rings. The lowest BCUT2D eigenvalue weighted by Crippen LogP contribution is -2.30. The third kappa shape index (κ3) is 5.91. The van der Waals surface area contributed by atoms with E-state index >= 15 is 0 Å². The summed E-state index contributed by atoms with van der Waals surface area (Å²) in [7, 11) is 0. The lowest BCUT2D eigenvalue weighted by molar-refractivity contribution is 0.0923. The van der Waals surface area contributed by atoms with Crippen molar-refractivity contribution in [1.29, 1.82) is 0 Å². The molecule has 0 fully saturated rings. The highest BCUT2D eigenvalue weighted by atomic mass is 16.5. The third-order valence-electron chi connectivity index (χ3n) is 3.88. The van der Waals surface area contributed by atoms with Crippen molar-refractivity contribution in [2.24, 2.45) is 0 Å². The van der Waals surface area contributed by atoms with Crippen molar-refractivity contribution in [3.63, 3.8) is 0 Å². The molecular weight excluding hydrogens is 314 g/mol. The molecule has 0 bridgehead atoms. The van der Waals surface area contributed by atoms with E-state index in [4.69, 9.17) is 4.74 Å². The van der Waals surface area contributed by atoms with Crippen molar-refractivity contribution in [2.45, 2.75) is 45.8 Å². The molecule has 2 rings (SSSR count). The van der Waals surface area contributed by atoms with Crippen molar-refractivity contribution in [1.82, 2.24) is 5.32 Å². The molecule has 0 aromatic heterocycles. The van der Waals surface area contributed by atoms with E-state index in [9.17, 15) is 9.90 Å². The molecule has 1 unspecified atom stereocenters. The van der Waals surface area contributed by atoms with Gasteiger partial charge in [-0.1, -0.05) is 51.1 Å². The van der Waals surface area contributed by atoms with Crippen molar-refractivity contribution in [3.05, 3.63) is 65.2 Å². The summed E-state index contributed by atoms with van der Waals surface area (Å²) in [6.45, 7) is 8.86. The maximum atomic E-state index is 12.0. The second kappa shape index (κ2) is 8.17. The maximum absolute atomic E-state index is 12.0. The van der Waals surface area contributed by atoms with Gasteiger partial charge in [-0.3, -0.25) is 4.79 Å².